The molecule has 1 rings (SSSR count). The molecule has 0 saturated heterocycles. The van der Waals surface area contributed by atoms with E-state index in [2.05, 4.69) is 22.3 Å². The topological polar surface area (TPSA) is 63.0 Å². The molecule has 0 aliphatic rings. The molecule has 6 heteroatoms. The van der Waals surface area contributed by atoms with E-state index in [1.165, 1.54) is 0 Å². The minimum absolute atomic E-state index is 0.292. The lowest BCUT2D eigenvalue weighted by Gasteiger charge is -2.06. The van der Waals surface area contributed by atoms with Crippen LogP contribution in [0, 0.1) is 0 Å². The third-order valence-corrected chi connectivity index (χ3v) is 3.35. The van der Waals surface area contributed by atoms with E-state index in [1.807, 2.05) is 16.4 Å². The van der Waals surface area contributed by atoms with Crippen LogP contribution in [-0.4, -0.2) is 44.5 Å². The molecule has 0 aliphatic heterocycles. The maximum atomic E-state index is 8.63. The zero-order valence-corrected chi connectivity index (χ0v) is 11.2. The van der Waals surface area contributed by atoms with Gasteiger partial charge in [0, 0.05) is 25.4 Å². The Hall–Kier alpha value is -0.590. The first kappa shape index (κ1) is 14.5. The standard InChI is InChI=1S/C11H22N4OS/c1-2-5-15-11(13-10-14-15)9-12-4-8-17-7-3-6-16/h10,12,16H,2-9H2,1H3. The zero-order valence-electron chi connectivity index (χ0n) is 10.4. The first-order valence-corrected chi connectivity index (χ1v) is 7.30. The number of aromatic nitrogens is 3. The van der Waals surface area contributed by atoms with Gasteiger partial charge in [-0.3, -0.25) is 0 Å². The predicted molar refractivity (Wildman–Crippen MR) is 71.0 cm³/mol. The molecule has 0 bridgehead atoms. The molecule has 0 fully saturated rings. The summed E-state index contributed by atoms with van der Waals surface area (Å²) in [7, 11) is 0. The van der Waals surface area contributed by atoms with Crippen LogP contribution in [-0.2, 0) is 13.1 Å². The van der Waals surface area contributed by atoms with Gasteiger partial charge in [-0.05, 0) is 18.6 Å². The summed E-state index contributed by atoms with van der Waals surface area (Å²) in [6.45, 7) is 5.11. The van der Waals surface area contributed by atoms with Crippen LogP contribution in [0.1, 0.15) is 25.6 Å². The van der Waals surface area contributed by atoms with Crippen molar-refractivity contribution in [2.75, 3.05) is 24.7 Å². The third kappa shape index (κ3) is 6.05. The highest BCUT2D eigenvalue weighted by Crippen LogP contribution is 2.00. The van der Waals surface area contributed by atoms with Gasteiger partial charge in [0.2, 0.25) is 0 Å². The van der Waals surface area contributed by atoms with Crippen molar-refractivity contribution in [3.05, 3.63) is 12.2 Å². The Morgan fingerprint density at radius 2 is 2.35 bits per heavy atom. The van der Waals surface area contributed by atoms with Gasteiger partial charge in [-0.15, -0.1) is 0 Å². The van der Waals surface area contributed by atoms with Gasteiger partial charge in [-0.25, -0.2) is 9.67 Å². The fraction of sp³-hybridized carbons (Fsp3) is 0.818. The van der Waals surface area contributed by atoms with Crippen LogP contribution in [0.4, 0.5) is 0 Å². The van der Waals surface area contributed by atoms with Crippen LogP contribution in [0.15, 0.2) is 6.33 Å². The molecule has 5 nitrogen and oxygen atoms in total. The fourth-order valence-electron chi connectivity index (χ4n) is 1.44. The van der Waals surface area contributed by atoms with Gasteiger partial charge >= 0.3 is 0 Å². The van der Waals surface area contributed by atoms with Crippen LogP contribution < -0.4 is 5.32 Å². The summed E-state index contributed by atoms with van der Waals surface area (Å²) in [6, 6.07) is 0. The molecule has 17 heavy (non-hydrogen) atoms. The van der Waals surface area contributed by atoms with Crippen molar-refractivity contribution in [1.29, 1.82) is 0 Å². The Bertz CT molecular complexity index is 293. The summed E-state index contributed by atoms with van der Waals surface area (Å²) in [4.78, 5) is 4.23. The molecule has 2 N–H and O–H groups in total. The number of nitrogens with one attached hydrogen (secondary N) is 1. The smallest absolute Gasteiger partial charge is 0.140 e. The summed E-state index contributed by atoms with van der Waals surface area (Å²) in [6.07, 6.45) is 3.57. The number of rotatable bonds is 10. The van der Waals surface area contributed by atoms with Crippen LogP contribution in [0.2, 0.25) is 0 Å². The van der Waals surface area contributed by atoms with Crippen molar-refractivity contribution in [1.82, 2.24) is 20.1 Å². The monoisotopic (exact) mass is 258 g/mol. The normalized spacial score (nSPS) is 10.9. The van der Waals surface area contributed by atoms with Crippen LogP contribution in [0.5, 0.6) is 0 Å². The number of aliphatic hydroxyl groups excluding tert-OH is 1. The average Bonchev–Trinajstić information content (AvgIpc) is 2.76. The lowest BCUT2D eigenvalue weighted by molar-refractivity contribution is 0.296. The molecule has 1 aromatic heterocycles. The predicted octanol–water partition coefficient (Wildman–Crippen LogP) is 0.893. The quantitative estimate of drug-likeness (QED) is 0.610. The average molecular weight is 258 g/mol. The highest BCUT2D eigenvalue weighted by Gasteiger charge is 2.01. The highest BCUT2D eigenvalue weighted by molar-refractivity contribution is 7.99. The van der Waals surface area contributed by atoms with Gasteiger partial charge in [0.05, 0.1) is 6.54 Å². The van der Waals surface area contributed by atoms with E-state index in [9.17, 15) is 0 Å². The molecule has 0 aliphatic carbocycles. The van der Waals surface area contributed by atoms with Crippen molar-refractivity contribution in [2.45, 2.75) is 32.9 Å². The molecule has 0 atom stereocenters. The molecule has 98 valence electrons. The summed E-state index contributed by atoms with van der Waals surface area (Å²) < 4.78 is 1.95. The van der Waals surface area contributed by atoms with Gasteiger partial charge < -0.3 is 10.4 Å². The number of aliphatic hydroxyl groups is 1. The minimum Gasteiger partial charge on any atom is -0.396 e. The van der Waals surface area contributed by atoms with E-state index in [0.29, 0.717) is 6.61 Å². The third-order valence-electron chi connectivity index (χ3n) is 2.28. The number of hydrogen-bond acceptors (Lipinski definition) is 5. The zero-order chi connectivity index (χ0) is 12.3. The van der Waals surface area contributed by atoms with Gasteiger partial charge in [0.25, 0.3) is 0 Å². The lowest BCUT2D eigenvalue weighted by atomic mass is 10.4. The Labute approximate surface area is 107 Å². The van der Waals surface area contributed by atoms with Crippen molar-refractivity contribution >= 4 is 11.8 Å². The highest BCUT2D eigenvalue weighted by atomic mass is 32.2. The molecule has 0 unspecified atom stereocenters. The molecule has 0 saturated carbocycles. The number of thioether (sulfide) groups is 1. The Balaban J connectivity index is 2.07. The molecule has 1 aromatic rings. The van der Waals surface area contributed by atoms with Crippen LogP contribution >= 0.6 is 11.8 Å². The second-order valence-electron chi connectivity index (χ2n) is 3.77. The SMILES string of the molecule is CCCn1ncnc1CNCCSCCCO. The second-order valence-corrected chi connectivity index (χ2v) is 4.99. The maximum Gasteiger partial charge on any atom is 0.140 e. The van der Waals surface area contributed by atoms with Crippen molar-refractivity contribution < 1.29 is 5.11 Å². The Morgan fingerprint density at radius 3 is 3.12 bits per heavy atom. The maximum absolute atomic E-state index is 8.63. The largest absolute Gasteiger partial charge is 0.396 e. The van der Waals surface area contributed by atoms with Gasteiger partial charge in [-0.2, -0.15) is 16.9 Å². The molecule has 0 amide bonds. The number of aryl methyl sites for hydroxylation is 1. The number of nitrogens with zero attached hydrogens (tertiary/aromatic N) is 3. The van der Waals surface area contributed by atoms with E-state index in [-0.39, 0.29) is 0 Å². The summed E-state index contributed by atoms with van der Waals surface area (Å²) in [5.74, 6) is 3.11. The lowest BCUT2D eigenvalue weighted by Crippen LogP contribution is -2.20. The van der Waals surface area contributed by atoms with Gasteiger partial charge in [0.1, 0.15) is 12.2 Å². The molecule has 0 radical (unpaired) electrons. The Morgan fingerprint density at radius 1 is 1.47 bits per heavy atom. The number of hydrogen-bond donors (Lipinski definition) is 2. The van der Waals surface area contributed by atoms with Crippen molar-refractivity contribution in [3.8, 4) is 0 Å². The van der Waals surface area contributed by atoms with E-state index >= 15 is 0 Å². The molecule has 0 aromatic carbocycles. The van der Waals surface area contributed by atoms with E-state index in [4.69, 9.17) is 5.11 Å². The van der Waals surface area contributed by atoms with E-state index in [0.717, 1.165) is 49.8 Å². The van der Waals surface area contributed by atoms with Crippen molar-refractivity contribution in [3.63, 3.8) is 0 Å². The first-order valence-electron chi connectivity index (χ1n) is 6.14. The van der Waals surface area contributed by atoms with E-state index in [1.54, 1.807) is 6.33 Å². The molecule has 0 spiro atoms. The molecule has 1 heterocycles. The summed E-state index contributed by atoms with van der Waals surface area (Å²) in [5.41, 5.74) is 0. The Kier molecular flexibility index (Phi) is 8.04. The molecular weight excluding hydrogens is 236 g/mol. The fourth-order valence-corrected chi connectivity index (χ4v) is 2.26. The summed E-state index contributed by atoms with van der Waals surface area (Å²) >= 11 is 1.86. The van der Waals surface area contributed by atoms with Crippen LogP contribution in [0.25, 0.3) is 0 Å². The van der Waals surface area contributed by atoms with Gasteiger partial charge in [0.15, 0.2) is 0 Å². The second kappa shape index (κ2) is 9.44. The molecular formula is C11H22N4OS. The van der Waals surface area contributed by atoms with Crippen molar-refractivity contribution in [2.24, 2.45) is 0 Å². The first-order chi connectivity index (χ1) is 8.38. The minimum atomic E-state index is 0.292. The summed E-state index contributed by atoms with van der Waals surface area (Å²) in [5, 5.41) is 16.2. The van der Waals surface area contributed by atoms with Crippen LogP contribution in [0.3, 0.4) is 0 Å². The van der Waals surface area contributed by atoms with Gasteiger partial charge in [-0.1, -0.05) is 6.92 Å². The van der Waals surface area contributed by atoms with E-state index < -0.39 is 0 Å².